The molecule has 0 amide bonds. The fourth-order valence-electron chi connectivity index (χ4n) is 1.09. The van der Waals surface area contributed by atoms with Gasteiger partial charge in [0, 0.05) is 5.56 Å². The van der Waals surface area contributed by atoms with Crippen LogP contribution in [0.5, 0.6) is 5.75 Å². The van der Waals surface area contributed by atoms with Crippen molar-refractivity contribution < 1.29 is 26.7 Å². The summed E-state index contributed by atoms with van der Waals surface area (Å²) in [4.78, 5) is 0. The van der Waals surface area contributed by atoms with Crippen LogP contribution in [-0.4, -0.2) is 13.0 Å². The Morgan fingerprint density at radius 2 is 1.88 bits per heavy atom. The van der Waals surface area contributed by atoms with Crippen LogP contribution in [0.2, 0.25) is 0 Å². The van der Waals surface area contributed by atoms with Gasteiger partial charge in [0.05, 0.1) is 6.04 Å². The van der Waals surface area contributed by atoms with E-state index in [2.05, 4.69) is 4.74 Å². The highest BCUT2D eigenvalue weighted by atomic mass is 35.5. The molecule has 0 aliphatic carbocycles. The number of benzene rings is 1. The lowest BCUT2D eigenvalue weighted by atomic mass is 10.1. The minimum Gasteiger partial charge on any atom is -0.406 e. The molecule has 0 aromatic heterocycles. The van der Waals surface area contributed by atoms with Crippen molar-refractivity contribution in [2.75, 3.05) is 6.67 Å². The van der Waals surface area contributed by atoms with E-state index in [9.17, 15) is 22.0 Å². The lowest BCUT2D eigenvalue weighted by Gasteiger charge is -2.13. The van der Waals surface area contributed by atoms with Crippen LogP contribution in [0, 0.1) is 5.82 Å². The molecule has 0 fully saturated rings. The zero-order valence-electron chi connectivity index (χ0n) is 8.30. The van der Waals surface area contributed by atoms with Crippen LogP contribution in [0.4, 0.5) is 22.0 Å². The fourth-order valence-corrected chi connectivity index (χ4v) is 1.09. The third-order valence-corrected chi connectivity index (χ3v) is 1.77. The Bertz CT molecular complexity index is 371. The van der Waals surface area contributed by atoms with Gasteiger partial charge in [0.1, 0.15) is 18.2 Å². The van der Waals surface area contributed by atoms with Crippen molar-refractivity contribution in [3.05, 3.63) is 29.6 Å². The lowest BCUT2D eigenvalue weighted by Crippen LogP contribution is -2.18. The van der Waals surface area contributed by atoms with Gasteiger partial charge in [-0.05, 0) is 18.2 Å². The molecule has 2 nitrogen and oxygen atoms in total. The summed E-state index contributed by atoms with van der Waals surface area (Å²) < 4.78 is 64.3. The van der Waals surface area contributed by atoms with E-state index in [1.54, 1.807) is 0 Å². The molecular formula is C9H9ClF5NO. The largest absolute Gasteiger partial charge is 0.573 e. The van der Waals surface area contributed by atoms with Crippen molar-refractivity contribution >= 4 is 12.4 Å². The van der Waals surface area contributed by atoms with Gasteiger partial charge in [-0.1, -0.05) is 0 Å². The number of ether oxygens (including phenoxy) is 1. The van der Waals surface area contributed by atoms with Crippen LogP contribution in [0.1, 0.15) is 11.6 Å². The quantitative estimate of drug-likeness (QED) is 0.862. The van der Waals surface area contributed by atoms with Gasteiger partial charge >= 0.3 is 6.36 Å². The second-order valence-corrected chi connectivity index (χ2v) is 2.99. The van der Waals surface area contributed by atoms with E-state index in [1.165, 1.54) is 0 Å². The first-order valence-electron chi connectivity index (χ1n) is 4.20. The van der Waals surface area contributed by atoms with Crippen molar-refractivity contribution in [1.29, 1.82) is 0 Å². The van der Waals surface area contributed by atoms with Gasteiger partial charge < -0.3 is 10.5 Å². The van der Waals surface area contributed by atoms with Gasteiger partial charge in [-0.15, -0.1) is 25.6 Å². The van der Waals surface area contributed by atoms with Gasteiger partial charge in [-0.25, -0.2) is 8.78 Å². The van der Waals surface area contributed by atoms with E-state index in [0.29, 0.717) is 0 Å². The highest BCUT2D eigenvalue weighted by Crippen LogP contribution is 2.26. The summed E-state index contributed by atoms with van der Waals surface area (Å²) in [6.45, 7) is -1.08. The molecule has 0 bridgehead atoms. The molecular weight excluding hydrogens is 269 g/mol. The van der Waals surface area contributed by atoms with Crippen molar-refractivity contribution in [3.8, 4) is 5.75 Å². The Morgan fingerprint density at radius 3 is 2.35 bits per heavy atom. The Morgan fingerprint density at radius 1 is 1.29 bits per heavy atom. The Kier molecular flexibility index (Phi) is 5.63. The molecule has 0 aliphatic rings. The van der Waals surface area contributed by atoms with Crippen LogP contribution >= 0.6 is 12.4 Å². The molecule has 1 atom stereocenters. The van der Waals surface area contributed by atoms with Crippen LogP contribution in [0.15, 0.2) is 18.2 Å². The molecule has 0 heterocycles. The van der Waals surface area contributed by atoms with Crippen LogP contribution in [0.3, 0.4) is 0 Å². The van der Waals surface area contributed by atoms with Gasteiger partial charge in [-0.3, -0.25) is 0 Å². The Labute approximate surface area is 100.0 Å². The second-order valence-electron chi connectivity index (χ2n) is 2.99. The summed E-state index contributed by atoms with van der Waals surface area (Å²) in [7, 11) is 0. The van der Waals surface area contributed by atoms with Crippen molar-refractivity contribution in [1.82, 2.24) is 0 Å². The summed E-state index contributed by atoms with van der Waals surface area (Å²) >= 11 is 0. The van der Waals surface area contributed by atoms with Crippen LogP contribution < -0.4 is 10.5 Å². The third-order valence-electron chi connectivity index (χ3n) is 1.77. The number of halogens is 6. The predicted octanol–water partition coefficient (Wildman–Crippen LogP) is 3.12. The number of hydrogen-bond acceptors (Lipinski definition) is 2. The van der Waals surface area contributed by atoms with E-state index >= 15 is 0 Å². The number of rotatable bonds is 3. The van der Waals surface area contributed by atoms with Crippen molar-refractivity contribution in [3.63, 3.8) is 0 Å². The molecule has 17 heavy (non-hydrogen) atoms. The topological polar surface area (TPSA) is 35.2 Å². The molecule has 0 aliphatic heterocycles. The molecule has 0 spiro atoms. The highest BCUT2D eigenvalue weighted by molar-refractivity contribution is 5.85. The van der Waals surface area contributed by atoms with Gasteiger partial charge in [-0.2, -0.15) is 0 Å². The zero-order valence-corrected chi connectivity index (χ0v) is 9.12. The predicted molar refractivity (Wildman–Crippen MR) is 53.2 cm³/mol. The number of nitrogens with two attached hydrogens (primary N) is 1. The maximum absolute atomic E-state index is 13.1. The minimum atomic E-state index is -4.88. The van der Waals surface area contributed by atoms with E-state index in [-0.39, 0.29) is 18.0 Å². The normalized spacial score (nSPS) is 12.8. The monoisotopic (exact) mass is 277 g/mol. The minimum absolute atomic E-state index is 0. The Hall–Kier alpha value is -1.08. The summed E-state index contributed by atoms with van der Waals surface area (Å²) in [5.41, 5.74) is 4.82. The maximum Gasteiger partial charge on any atom is 0.573 e. The van der Waals surface area contributed by atoms with Gasteiger partial charge in [0.15, 0.2) is 0 Å². The molecule has 98 valence electrons. The first kappa shape index (κ1) is 15.9. The number of hydrogen-bond donors (Lipinski definition) is 1. The molecule has 2 N–H and O–H groups in total. The van der Waals surface area contributed by atoms with E-state index in [4.69, 9.17) is 5.73 Å². The second kappa shape index (κ2) is 6.02. The molecule has 1 aromatic rings. The van der Waals surface area contributed by atoms with E-state index < -0.39 is 30.6 Å². The zero-order chi connectivity index (χ0) is 12.3. The summed E-state index contributed by atoms with van der Waals surface area (Å²) in [5.74, 6) is -1.51. The van der Waals surface area contributed by atoms with Crippen molar-refractivity contribution in [2.45, 2.75) is 12.4 Å². The maximum atomic E-state index is 13.1. The van der Waals surface area contributed by atoms with Crippen molar-refractivity contribution in [2.24, 2.45) is 5.73 Å². The SMILES string of the molecule is Cl.N[C@H](CF)c1cc(OC(F)(F)F)ccc1F. The number of alkyl halides is 4. The van der Waals surface area contributed by atoms with Gasteiger partial charge in [0.25, 0.3) is 0 Å². The molecule has 0 saturated carbocycles. The third kappa shape index (κ3) is 4.74. The average molecular weight is 278 g/mol. The molecule has 0 unspecified atom stereocenters. The molecule has 0 saturated heterocycles. The first-order chi connectivity index (χ1) is 7.33. The smallest absolute Gasteiger partial charge is 0.406 e. The summed E-state index contributed by atoms with van der Waals surface area (Å²) in [6, 6.07) is 0.952. The van der Waals surface area contributed by atoms with E-state index in [0.717, 1.165) is 18.2 Å². The molecule has 0 radical (unpaired) electrons. The van der Waals surface area contributed by atoms with E-state index in [1.807, 2.05) is 0 Å². The van der Waals surface area contributed by atoms with Crippen LogP contribution in [-0.2, 0) is 0 Å². The summed E-state index contributed by atoms with van der Waals surface area (Å²) in [6.07, 6.45) is -4.88. The average Bonchev–Trinajstić information content (AvgIpc) is 2.18. The summed E-state index contributed by atoms with van der Waals surface area (Å²) in [5, 5.41) is 0. The molecule has 8 heteroatoms. The van der Waals surface area contributed by atoms with Crippen LogP contribution in [0.25, 0.3) is 0 Å². The lowest BCUT2D eigenvalue weighted by molar-refractivity contribution is -0.274. The fraction of sp³-hybridized carbons (Fsp3) is 0.333. The van der Waals surface area contributed by atoms with Gasteiger partial charge in [0.2, 0.25) is 0 Å². The Balaban J connectivity index is 0.00000256. The first-order valence-corrected chi connectivity index (χ1v) is 4.20. The molecule has 1 aromatic carbocycles. The molecule has 1 rings (SSSR count). The highest BCUT2D eigenvalue weighted by Gasteiger charge is 2.31. The standard InChI is InChI=1S/C9H8F5NO.ClH/c10-4-8(15)6-3-5(1-2-7(6)11)16-9(12,13)14;/h1-3,8H,4,15H2;1H/t8-;/m1./s1.